The Hall–Kier alpha value is -0.570. The lowest BCUT2D eigenvalue weighted by molar-refractivity contribution is -0.130. The van der Waals surface area contributed by atoms with Crippen LogP contribution >= 0.6 is 24.0 Å². The maximum absolute atomic E-state index is 11.3. The van der Waals surface area contributed by atoms with Crippen LogP contribution in [0.15, 0.2) is 4.99 Å². The predicted molar refractivity (Wildman–Crippen MR) is 108 cm³/mol. The second-order valence-electron chi connectivity index (χ2n) is 7.16. The molecule has 0 aromatic heterocycles. The highest BCUT2D eigenvalue weighted by molar-refractivity contribution is 14.0. The van der Waals surface area contributed by atoms with Gasteiger partial charge >= 0.3 is 0 Å². The van der Waals surface area contributed by atoms with Gasteiger partial charge < -0.3 is 20.3 Å². The molecule has 1 amide bonds. The van der Waals surface area contributed by atoms with E-state index in [9.17, 15) is 4.79 Å². The van der Waals surface area contributed by atoms with E-state index in [-0.39, 0.29) is 35.3 Å². The molecule has 0 aliphatic carbocycles. The van der Waals surface area contributed by atoms with Crippen LogP contribution in [0, 0.1) is 11.3 Å². The molecule has 2 heterocycles. The van der Waals surface area contributed by atoms with Gasteiger partial charge in [0.1, 0.15) is 0 Å². The first-order valence-electron chi connectivity index (χ1n) is 8.88. The number of piperidine rings is 1. The minimum atomic E-state index is 0. The van der Waals surface area contributed by atoms with Gasteiger partial charge in [0.25, 0.3) is 0 Å². The highest BCUT2D eigenvalue weighted by atomic mass is 127. The Morgan fingerprint density at radius 2 is 1.96 bits per heavy atom. The lowest BCUT2D eigenvalue weighted by atomic mass is 9.89. The number of nitrogens with zero attached hydrogens (tertiary/aromatic N) is 2. The summed E-state index contributed by atoms with van der Waals surface area (Å²) in [5.41, 5.74) is 0.210. The van der Waals surface area contributed by atoms with Gasteiger partial charge in [0.2, 0.25) is 5.91 Å². The molecule has 24 heavy (non-hydrogen) atoms. The van der Waals surface area contributed by atoms with E-state index in [2.05, 4.69) is 29.5 Å². The van der Waals surface area contributed by atoms with E-state index in [1.807, 2.05) is 4.90 Å². The number of likely N-dealkylation sites (tertiary alicyclic amines) is 1. The summed E-state index contributed by atoms with van der Waals surface area (Å²) in [5, 5.41) is 6.75. The van der Waals surface area contributed by atoms with Crippen molar-refractivity contribution in [3.63, 3.8) is 0 Å². The lowest BCUT2D eigenvalue weighted by Crippen LogP contribution is -2.44. The summed E-state index contributed by atoms with van der Waals surface area (Å²) in [6.07, 6.45) is 3.37. The predicted octanol–water partition coefficient (Wildman–Crippen LogP) is 1.84. The summed E-state index contributed by atoms with van der Waals surface area (Å²) in [7, 11) is 0. The van der Waals surface area contributed by atoms with Crippen molar-refractivity contribution in [1.82, 2.24) is 15.5 Å². The first-order chi connectivity index (χ1) is 11.0. The Kier molecular flexibility index (Phi) is 9.33. The van der Waals surface area contributed by atoms with Gasteiger partial charge in [-0.25, -0.2) is 0 Å². The van der Waals surface area contributed by atoms with Crippen molar-refractivity contribution in [3.05, 3.63) is 0 Å². The number of guanidine groups is 1. The van der Waals surface area contributed by atoms with Crippen molar-refractivity contribution in [1.29, 1.82) is 0 Å². The molecule has 7 heteroatoms. The fourth-order valence-electron chi connectivity index (χ4n) is 3.08. The second kappa shape index (κ2) is 10.4. The van der Waals surface area contributed by atoms with E-state index >= 15 is 0 Å². The molecule has 2 N–H and O–H groups in total. The highest BCUT2D eigenvalue weighted by Gasteiger charge is 2.33. The Morgan fingerprint density at radius 3 is 2.46 bits per heavy atom. The first-order valence-corrected chi connectivity index (χ1v) is 8.88. The van der Waals surface area contributed by atoms with Gasteiger partial charge in [0.15, 0.2) is 5.96 Å². The van der Waals surface area contributed by atoms with Crippen LogP contribution in [-0.2, 0) is 9.53 Å². The SMILES string of the molecule is CCNC(=NCC1(C)COC1)NCCC1CCN(C(C)=O)CC1.I. The Morgan fingerprint density at radius 1 is 1.29 bits per heavy atom. The molecule has 2 fully saturated rings. The second-order valence-corrected chi connectivity index (χ2v) is 7.16. The molecule has 2 aliphatic rings. The number of hydrogen-bond donors (Lipinski definition) is 2. The number of carbonyl (C=O) groups excluding carboxylic acids is 1. The summed E-state index contributed by atoms with van der Waals surface area (Å²) >= 11 is 0. The van der Waals surface area contributed by atoms with Crippen LogP contribution < -0.4 is 10.6 Å². The minimum Gasteiger partial charge on any atom is -0.380 e. The number of nitrogens with one attached hydrogen (secondary N) is 2. The molecule has 0 aromatic rings. The Bertz CT molecular complexity index is 419. The molecule has 0 saturated carbocycles. The quantitative estimate of drug-likeness (QED) is 0.367. The van der Waals surface area contributed by atoms with E-state index in [1.54, 1.807) is 6.92 Å². The topological polar surface area (TPSA) is 66.0 Å². The summed E-state index contributed by atoms with van der Waals surface area (Å²) in [5.74, 6) is 1.82. The summed E-state index contributed by atoms with van der Waals surface area (Å²) in [4.78, 5) is 18.0. The largest absolute Gasteiger partial charge is 0.380 e. The molecule has 0 atom stereocenters. The third kappa shape index (κ3) is 6.74. The number of ether oxygens (including phenoxy) is 1. The highest BCUT2D eigenvalue weighted by Crippen LogP contribution is 2.26. The number of hydrogen-bond acceptors (Lipinski definition) is 3. The summed E-state index contributed by atoms with van der Waals surface area (Å²) in [6, 6.07) is 0. The first kappa shape index (κ1) is 21.5. The molecular weight excluding hydrogens is 419 g/mol. The number of amides is 1. The molecule has 0 radical (unpaired) electrons. The monoisotopic (exact) mass is 452 g/mol. The van der Waals surface area contributed by atoms with Crippen molar-refractivity contribution in [2.45, 2.75) is 40.0 Å². The van der Waals surface area contributed by atoms with Gasteiger partial charge in [-0.2, -0.15) is 0 Å². The van der Waals surface area contributed by atoms with Crippen LogP contribution in [0.4, 0.5) is 0 Å². The molecular formula is C17H33IN4O2. The summed E-state index contributed by atoms with van der Waals surface area (Å²) < 4.78 is 5.28. The third-order valence-electron chi connectivity index (χ3n) is 4.77. The van der Waals surface area contributed by atoms with Crippen LogP contribution in [0.2, 0.25) is 0 Å². The molecule has 0 bridgehead atoms. The zero-order chi connectivity index (χ0) is 16.7. The number of rotatable bonds is 6. The Labute approximate surface area is 163 Å². The van der Waals surface area contributed by atoms with E-state index in [1.165, 1.54) is 0 Å². The zero-order valence-electron chi connectivity index (χ0n) is 15.3. The average Bonchev–Trinajstić information content (AvgIpc) is 2.51. The normalized spacial score (nSPS) is 20.8. The molecule has 0 spiro atoms. The Balaban J connectivity index is 0.00000288. The number of halogens is 1. The third-order valence-corrected chi connectivity index (χ3v) is 4.77. The van der Waals surface area contributed by atoms with Crippen molar-refractivity contribution >= 4 is 35.8 Å². The fourth-order valence-corrected chi connectivity index (χ4v) is 3.08. The van der Waals surface area contributed by atoms with E-state index < -0.39 is 0 Å². The molecule has 6 nitrogen and oxygen atoms in total. The lowest BCUT2D eigenvalue weighted by Gasteiger charge is -2.36. The zero-order valence-corrected chi connectivity index (χ0v) is 17.6. The molecule has 0 unspecified atom stereocenters. The van der Waals surface area contributed by atoms with Crippen molar-refractivity contribution < 1.29 is 9.53 Å². The molecule has 2 rings (SSSR count). The molecule has 0 aromatic carbocycles. The van der Waals surface area contributed by atoms with Gasteiger partial charge in [0.05, 0.1) is 19.8 Å². The molecule has 2 aliphatic heterocycles. The van der Waals surface area contributed by atoms with Gasteiger partial charge in [-0.15, -0.1) is 24.0 Å². The van der Waals surface area contributed by atoms with Crippen molar-refractivity contribution in [2.24, 2.45) is 16.3 Å². The van der Waals surface area contributed by atoms with Crippen molar-refractivity contribution in [3.8, 4) is 0 Å². The maximum Gasteiger partial charge on any atom is 0.219 e. The van der Waals surface area contributed by atoms with Crippen molar-refractivity contribution in [2.75, 3.05) is 45.9 Å². The molecule has 2 saturated heterocycles. The molecule has 140 valence electrons. The van der Waals surface area contributed by atoms with E-state index in [0.29, 0.717) is 5.92 Å². The van der Waals surface area contributed by atoms with Gasteiger partial charge in [-0.05, 0) is 32.1 Å². The average molecular weight is 452 g/mol. The minimum absolute atomic E-state index is 0. The van der Waals surface area contributed by atoms with Gasteiger partial charge in [-0.1, -0.05) is 6.92 Å². The number of carbonyl (C=O) groups is 1. The van der Waals surface area contributed by atoms with Gasteiger partial charge in [-0.3, -0.25) is 9.79 Å². The van der Waals surface area contributed by atoms with E-state index in [4.69, 9.17) is 4.74 Å². The smallest absolute Gasteiger partial charge is 0.219 e. The van der Waals surface area contributed by atoms with Crippen LogP contribution in [0.5, 0.6) is 0 Å². The van der Waals surface area contributed by atoms with Crippen LogP contribution in [0.25, 0.3) is 0 Å². The fraction of sp³-hybridized carbons (Fsp3) is 0.882. The maximum atomic E-state index is 11.3. The summed E-state index contributed by atoms with van der Waals surface area (Å²) in [6.45, 7) is 12.0. The standard InChI is InChI=1S/C17H32N4O2.HI/c1-4-18-16(20-11-17(3)12-23-13-17)19-8-5-15-6-9-21(10-7-15)14(2)22;/h15H,4-13H2,1-3H3,(H2,18,19,20);1H. The van der Waals surface area contributed by atoms with Crippen LogP contribution in [-0.4, -0.2) is 62.7 Å². The van der Waals surface area contributed by atoms with Gasteiger partial charge in [0, 0.05) is 38.5 Å². The van der Waals surface area contributed by atoms with Crippen LogP contribution in [0.3, 0.4) is 0 Å². The van der Waals surface area contributed by atoms with Crippen LogP contribution in [0.1, 0.15) is 40.0 Å². The van der Waals surface area contributed by atoms with E-state index in [0.717, 1.165) is 71.2 Å². The number of aliphatic imine (C=N–C) groups is 1.